The minimum Gasteiger partial charge on any atom is -0.394 e. The van der Waals surface area contributed by atoms with E-state index in [1.807, 2.05) is 0 Å². The Morgan fingerprint density at radius 2 is 2.42 bits per heavy atom. The maximum Gasteiger partial charge on any atom is 0.292 e. The highest BCUT2D eigenvalue weighted by Crippen LogP contribution is 2.31. The fourth-order valence-corrected chi connectivity index (χ4v) is 2.27. The first kappa shape index (κ1) is 12.1. The van der Waals surface area contributed by atoms with E-state index in [9.17, 15) is 9.90 Å². The number of aliphatic hydroxyl groups excluding tert-OH is 2. The summed E-state index contributed by atoms with van der Waals surface area (Å²) in [5.41, 5.74) is 5.81. The van der Waals surface area contributed by atoms with Gasteiger partial charge < -0.3 is 25.3 Å². The van der Waals surface area contributed by atoms with Crippen molar-refractivity contribution in [1.29, 1.82) is 0 Å². The molecule has 102 valence electrons. The van der Waals surface area contributed by atoms with Crippen LogP contribution in [0.1, 0.15) is 12.6 Å². The SMILES string of the molecule is Nc1n[nH]c(=O)c2ncn([C@H]3C[C@H](O)[C@@H](CO)O3)c12. The summed E-state index contributed by atoms with van der Waals surface area (Å²) in [6, 6.07) is 0. The summed E-state index contributed by atoms with van der Waals surface area (Å²) in [6.07, 6.45) is -0.275. The summed E-state index contributed by atoms with van der Waals surface area (Å²) in [7, 11) is 0. The number of hydrogen-bond acceptors (Lipinski definition) is 7. The third kappa shape index (κ3) is 1.79. The third-order valence-corrected chi connectivity index (χ3v) is 3.22. The van der Waals surface area contributed by atoms with Crippen LogP contribution in [-0.4, -0.2) is 48.8 Å². The van der Waals surface area contributed by atoms with E-state index >= 15 is 0 Å². The Kier molecular flexibility index (Phi) is 2.73. The summed E-state index contributed by atoms with van der Waals surface area (Å²) < 4.78 is 7.04. The smallest absolute Gasteiger partial charge is 0.292 e. The maximum atomic E-state index is 11.6. The van der Waals surface area contributed by atoms with Crippen molar-refractivity contribution in [3.8, 4) is 0 Å². The number of nitrogens with one attached hydrogen (secondary N) is 1. The fraction of sp³-hybridized carbons (Fsp3) is 0.500. The number of H-pyrrole nitrogens is 1. The quantitative estimate of drug-likeness (QED) is 0.510. The molecule has 1 saturated heterocycles. The first-order chi connectivity index (χ1) is 9.11. The lowest BCUT2D eigenvalue weighted by molar-refractivity contribution is -0.0430. The molecule has 2 aromatic heterocycles. The van der Waals surface area contributed by atoms with Gasteiger partial charge in [0.25, 0.3) is 5.56 Å². The second-order valence-electron chi connectivity index (χ2n) is 4.40. The van der Waals surface area contributed by atoms with Crippen LogP contribution in [0.4, 0.5) is 5.82 Å². The molecule has 3 atom stereocenters. The third-order valence-electron chi connectivity index (χ3n) is 3.22. The Labute approximate surface area is 106 Å². The molecule has 1 aliphatic heterocycles. The van der Waals surface area contributed by atoms with E-state index in [2.05, 4.69) is 15.2 Å². The molecule has 9 nitrogen and oxygen atoms in total. The van der Waals surface area contributed by atoms with Gasteiger partial charge in [-0.25, -0.2) is 10.1 Å². The lowest BCUT2D eigenvalue weighted by Crippen LogP contribution is -2.24. The summed E-state index contributed by atoms with van der Waals surface area (Å²) in [5.74, 6) is 0.123. The van der Waals surface area contributed by atoms with E-state index in [-0.39, 0.29) is 24.4 Å². The number of rotatable bonds is 2. The molecule has 1 fully saturated rings. The highest BCUT2D eigenvalue weighted by atomic mass is 16.5. The van der Waals surface area contributed by atoms with Gasteiger partial charge >= 0.3 is 0 Å². The van der Waals surface area contributed by atoms with Crippen LogP contribution in [0.5, 0.6) is 0 Å². The van der Waals surface area contributed by atoms with Gasteiger partial charge in [0, 0.05) is 6.42 Å². The molecule has 1 aliphatic rings. The van der Waals surface area contributed by atoms with Crippen LogP contribution in [-0.2, 0) is 4.74 Å². The predicted molar refractivity (Wildman–Crippen MR) is 64.2 cm³/mol. The van der Waals surface area contributed by atoms with Gasteiger partial charge in [-0.3, -0.25) is 4.79 Å². The van der Waals surface area contributed by atoms with Crippen molar-refractivity contribution in [2.75, 3.05) is 12.3 Å². The number of aromatic amines is 1. The topological polar surface area (TPSA) is 139 Å². The van der Waals surface area contributed by atoms with Crippen molar-refractivity contribution in [2.45, 2.75) is 24.9 Å². The minimum absolute atomic E-state index is 0.123. The fourth-order valence-electron chi connectivity index (χ4n) is 2.27. The van der Waals surface area contributed by atoms with Crippen LogP contribution in [0.25, 0.3) is 11.0 Å². The standard InChI is InChI=1S/C10H13N5O4/c11-9-8-7(10(18)14-13-9)12-3-15(8)6-1-4(17)5(2-16)19-6/h3-6,16-17H,1-2H2,(H2,11,13)(H,14,18)/t4-,5+,6+/m0/s1. The average Bonchev–Trinajstić information content (AvgIpc) is 2.97. The van der Waals surface area contributed by atoms with E-state index in [1.54, 1.807) is 4.57 Å². The van der Waals surface area contributed by atoms with E-state index in [0.717, 1.165) is 0 Å². The molecule has 0 bridgehead atoms. The van der Waals surface area contributed by atoms with Crippen molar-refractivity contribution in [2.24, 2.45) is 0 Å². The molecular weight excluding hydrogens is 254 g/mol. The van der Waals surface area contributed by atoms with Crippen molar-refractivity contribution >= 4 is 16.9 Å². The molecule has 0 aromatic carbocycles. The molecule has 0 radical (unpaired) electrons. The second-order valence-corrected chi connectivity index (χ2v) is 4.40. The van der Waals surface area contributed by atoms with Crippen LogP contribution in [0.2, 0.25) is 0 Å². The van der Waals surface area contributed by atoms with Crippen molar-refractivity contribution < 1.29 is 14.9 Å². The van der Waals surface area contributed by atoms with Crippen molar-refractivity contribution in [1.82, 2.24) is 19.7 Å². The van der Waals surface area contributed by atoms with Gasteiger partial charge in [-0.1, -0.05) is 0 Å². The van der Waals surface area contributed by atoms with E-state index in [0.29, 0.717) is 5.52 Å². The second kappa shape index (κ2) is 4.30. The highest BCUT2D eigenvalue weighted by molar-refractivity contribution is 5.83. The monoisotopic (exact) mass is 267 g/mol. The van der Waals surface area contributed by atoms with Gasteiger partial charge in [0.1, 0.15) is 17.8 Å². The summed E-state index contributed by atoms with van der Waals surface area (Å²) in [4.78, 5) is 15.5. The lowest BCUT2D eigenvalue weighted by atomic mass is 10.2. The molecule has 0 aliphatic carbocycles. The Morgan fingerprint density at radius 3 is 3.11 bits per heavy atom. The normalized spacial score (nSPS) is 27.2. The Hall–Kier alpha value is -1.97. The molecule has 9 heteroatoms. The predicted octanol–water partition coefficient (Wildman–Crippen LogP) is -1.66. The van der Waals surface area contributed by atoms with E-state index in [1.165, 1.54) is 6.33 Å². The molecule has 0 amide bonds. The van der Waals surface area contributed by atoms with Gasteiger partial charge in [-0.05, 0) is 0 Å². The number of aliphatic hydroxyl groups is 2. The van der Waals surface area contributed by atoms with E-state index < -0.39 is 24.0 Å². The minimum atomic E-state index is -0.774. The average molecular weight is 267 g/mol. The molecule has 0 unspecified atom stereocenters. The zero-order valence-corrected chi connectivity index (χ0v) is 9.85. The molecule has 5 N–H and O–H groups in total. The number of nitrogens with zero attached hydrogens (tertiary/aromatic N) is 3. The van der Waals surface area contributed by atoms with Crippen molar-refractivity contribution in [3.63, 3.8) is 0 Å². The first-order valence-corrected chi connectivity index (χ1v) is 5.77. The van der Waals surface area contributed by atoms with Gasteiger partial charge in [0.2, 0.25) is 0 Å². The first-order valence-electron chi connectivity index (χ1n) is 5.77. The number of aromatic nitrogens is 4. The molecule has 3 rings (SSSR count). The Balaban J connectivity index is 2.07. The molecule has 2 aromatic rings. The van der Waals surface area contributed by atoms with Crippen LogP contribution in [0.15, 0.2) is 11.1 Å². The highest BCUT2D eigenvalue weighted by Gasteiger charge is 2.35. The van der Waals surface area contributed by atoms with Crippen LogP contribution >= 0.6 is 0 Å². The molecular formula is C10H13N5O4. The number of imidazole rings is 1. The van der Waals surface area contributed by atoms with Gasteiger partial charge in [0.05, 0.1) is 19.0 Å². The number of anilines is 1. The summed E-state index contributed by atoms with van der Waals surface area (Å²) in [6.45, 7) is -0.279. The zero-order chi connectivity index (χ0) is 13.6. The Bertz CT molecular complexity index is 665. The molecule has 3 heterocycles. The largest absolute Gasteiger partial charge is 0.394 e. The molecule has 0 saturated carbocycles. The molecule has 0 spiro atoms. The number of ether oxygens (including phenoxy) is 1. The maximum absolute atomic E-state index is 11.6. The van der Waals surface area contributed by atoms with Crippen molar-refractivity contribution in [3.05, 3.63) is 16.7 Å². The van der Waals surface area contributed by atoms with Crippen LogP contribution in [0.3, 0.4) is 0 Å². The Morgan fingerprint density at radius 1 is 1.63 bits per heavy atom. The van der Waals surface area contributed by atoms with Gasteiger partial charge in [-0.15, -0.1) is 0 Å². The molecule has 19 heavy (non-hydrogen) atoms. The van der Waals surface area contributed by atoms with E-state index in [4.69, 9.17) is 15.6 Å². The van der Waals surface area contributed by atoms with Gasteiger partial charge in [-0.2, -0.15) is 5.10 Å². The number of hydrogen-bond donors (Lipinski definition) is 4. The lowest BCUT2D eigenvalue weighted by Gasteiger charge is -2.14. The summed E-state index contributed by atoms with van der Waals surface area (Å²) >= 11 is 0. The van der Waals surface area contributed by atoms with Crippen LogP contribution in [0, 0.1) is 0 Å². The number of fused-ring (bicyclic) bond motifs is 1. The van der Waals surface area contributed by atoms with Crippen LogP contribution < -0.4 is 11.3 Å². The van der Waals surface area contributed by atoms with Gasteiger partial charge in [0.15, 0.2) is 11.3 Å². The zero-order valence-electron chi connectivity index (χ0n) is 9.85. The number of nitrogens with two attached hydrogens (primary N) is 1. The summed E-state index contributed by atoms with van der Waals surface area (Å²) in [5, 5.41) is 24.7. The number of nitrogen functional groups attached to an aromatic ring is 1.